The van der Waals surface area contributed by atoms with Gasteiger partial charge in [-0.25, -0.2) is 4.39 Å². The van der Waals surface area contributed by atoms with Gasteiger partial charge in [-0.1, -0.05) is 19.1 Å². The van der Waals surface area contributed by atoms with Crippen LogP contribution in [-0.2, 0) is 0 Å². The van der Waals surface area contributed by atoms with Crippen LogP contribution >= 0.6 is 11.8 Å². The van der Waals surface area contributed by atoms with E-state index >= 15 is 0 Å². The topological polar surface area (TPSA) is 0 Å². The molecule has 2 atom stereocenters. The molecule has 58 valence electrons. The smallest absolute Gasteiger partial charge is 0.123 e. The second-order valence-corrected chi connectivity index (χ2v) is 4.34. The van der Waals surface area contributed by atoms with Crippen molar-refractivity contribution in [2.75, 3.05) is 0 Å². The average molecular weight is 168 g/mol. The molecule has 0 spiro atoms. The molecule has 1 heterocycles. The van der Waals surface area contributed by atoms with E-state index in [0.717, 1.165) is 5.25 Å². The van der Waals surface area contributed by atoms with E-state index in [1.807, 2.05) is 23.9 Å². The Balaban J connectivity index is 2.21. The van der Waals surface area contributed by atoms with Crippen molar-refractivity contribution in [1.29, 1.82) is 0 Å². The van der Waals surface area contributed by atoms with Crippen LogP contribution in [0.3, 0.4) is 0 Å². The Bertz CT molecular complexity index is 255. The summed E-state index contributed by atoms with van der Waals surface area (Å²) >= 11 is 1.93. The molecule has 0 nitrogen and oxygen atoms in total. The van der Waals surface area contributed by atoms with E-state index in [-0.39, 0.29) is 5.82 Å². The van der Waals surface area contributed by atoms with Crippen LogP contribution in [0.15, 0.2) is 24.3 Å². The second-order valence-electron chi connectivity index (χ2n) is 2.81. The first-order valence-electron chi connectivity index (χ1n) is 3.68. The summed E-state index contributed by atoms with van der Waals surface area (Å²) < 4.78 is 12.5. The monoisotopic (exact) mass is 168 g/mol. The summed E-state index contributed by atoms with van der Waals surface area (Å²) in [6, 6.07) is 6.80. The summed E-state index contributed by atoms with van der Waals surface area (Å²) in [4.78, 5) is 0. The maximum absolute atomic E-state index is 12.5. The molecule has 1 aliphatic rings. The van der Waals surface area contributed by atoms with Gasteiger partial charge in [0.1, 0.15) is 5.82 Å². The van der Waals surface area contributed by atoms with Crippen molar-refractivity contribution < 1.29 is 4.39 Å². The number of thioether (sulfide) groups is 1. The van der Waals surface area contributed by atoms with Gasteiger partial charge in [-0.15, -0.1) is 11.8 Å². The van der Waals surface area contributed by atoms with Gasteiger partial charge >= 0.3 is 0 Å². The zero-order chi connectivity index (χ0) is 7.84. The van der Waals surface area contributed by atoms with Crippen LogP contribution in [-0.4, -0.2) is 5.25 Å². The van der Waals surface area contributed by atoms with E-state index in [1.54, 1.807) is 0 Å². The van der Waals surface area contributed by atoms with Crippen molar-refractivity contribution in [1.82, 2.24) is 0 Å². The average Bonchev–Trinajstić information content (AvgIpc) is 2.69. The first-order chi connectivity index (χ1) is 5.27. The summed E-state index contributed by atoms with van der Waals surface area (Å²) in [6.07, 6.45) is 0. The minimum Gasteiger partial charge on any atom is -0.207 e. The van der Waals surface area contributed by atoms with Crippen LogP contribution in [0.2, 0.25) is 0 Å². The Kier molecular flexibility index (Phi) is 1.64. The van der Waals surface area contributed by atoms with Gasteiger partial charge in [0, 0.05) is 10.5 Å². The Hall–Kier alpha value is -0.500. The zero-order valence-corrected chi connectivity index (χ0v) is 7.07. The minimum absolute atomic E-state index is 0.146. The molecular formula is C9H9FS. The number of halogens is 1. The molecule has 1 saturated heterocycles. The van der Waals surface area contributed by atoms with Crippen LogP contribution in [0.25, 0.3) is 0 Å². The first kappa shape index (κ1) is 7.17. The molecule has 2 heteroatoms. The fourth-order valence-corrected chi connectivity index (χ4v) is 2.03. The van der Waals surface area contributed by atoms with E-state index < -0.39 is 0 Å². The molecule has 0 radical (unpaired) electrons. The molecule has 0 unspecified atom stereocenters. The van der Waals surface area contributed by atoms with Crippen molar-refractivity contribution in [3.05, 3.63) is 35.6 Å². The van der Waals surface area contributed by atoms with Crippen LogP contribution < -0.4 is 0 Å². The molecule has 0 N–H and O–H groups in total. The Labute approximate surface area is 69.8 Å². The lowest BCUT2D eigenvalue weighted by Gasteiger charge is -1.94. The third-order valence-corrected chi connectivity index (χ3v) is 3.27. The zero-order valence-electron chi connectivity index (χ0n) is 6.25. The quantitative estimate of drug-likeness (QED) is 0.581. The van der Waals surface area contributed by atoms with Crippen molar-refractivity contribution >= 4 is 11.8 Å². The maximum Gasteiger partial charge on any atom is 0.123 e. The molecule has 0 saturated carbocycles. The fraction of sp³-hybridized carbons (Fsp3) is 0.333. The lowest BCUT2D eigenvalue weighted by Crippen LogP contribution is -1.83. The van der Waals surface area contributed by atoms with E-state index in [9.17, 15) is 4.39 Å². The summed E-state index contributed by atoms with van der Waals surface area (Å²) in [7, 11) is 0. The van der Waals surface area contributed by atoms with E-state index in [4.69, 9.17) is 0 Å². The molecule has 1 aliphatic heterocycles. The highest BCUT2D eigenvalue weighted by Gasteiger charge is 2.34. The summed E-state index contributed by atoms with van der Waals surface area (Å²) in [5, 5.41) is 1.34. The predicted octanol–water partition coefficient (Wildman–Crippen LogP) is 3.00. The number of hydrogen-bond acceptors (Lipinski definition) is 1. The van der Waals surface area contributed by atoms with Crippen LogP contribution in [0.5, 0.6) is 0 Å². The summed E-state index contributed by atoms with van der Waals surface area (Å²) in [5.41, 5.74) is 1.25. The highest BCUT2D eigenvalue weighted by molar-refractivity contribution is 8.07. The van der Waals surface area contributed by atoms with Gasteiger partial charge in [0.15, 0.2) is 0 Å². The minimum atomic E-state index is -0.146. The number of rotatable bonds is 1. The van der Waals surface area contributed by atoms with E-state index in [0.29, 0.717) is 5.25 Å². The molecule has 1 fully saturated rings. The van der Waals surface area contributed by atoms with Gasteiger partial charge in [0.05, 0.1) is 0 Å². The van der Waals surface area contributed by atoms with Gasteiger partial charge < -0.3 is 0 Å². The van der Waals surface area contributed by atoms with Crippen molar-refractivity contribution in [3.63, 3.8) is 0 Å². The highest BCUT2D eigenvalue weighted by Crippen LogP contribution is 2.54. The lowest BCUT2D eigenvalue weighted by molar-refractivity contribution is 0.627. The third-order valence-electron chi connectivity index (χ3n) is 1.91. The highest BCUT2D eigenvalue weighted by atomic mass is 32.2. The van der Waals surface area contributed by atoms with Crippen LogP contribution in [0.1, 0.15) is 17.7 Å². The summed E-state index contributed by atoms with van der Waals surface area (Å²) in [5.74, 6) is -0.146. The largest absolute Gasteiger partial charge is 0.207 e. The van der Waals surface area contributed by atoms with Gasteiger partial charge in [-0.2, -0.15) is 0 Å². The normalized spacial score (nSPS) is 28.5. The summed E-state index contributed by atoms with van der Waals surface area (Å²) in [6.45, 7) is 2.19. The van der Waals surface area contributed by atoms with Crippen molar-refractivity contribution in [2.24, 2.45) is 0 Å². The van der Waals surface area contributed by atoms with E-state index in [2.05, 4.69) is 6.92 Å². The van der Waals surface area contributed by atoms with E-state index in [1.165, 1.54) is 17.7 Å². The number of benzene rings is 1. The molecular weight excluding hydrogens is 159 g/mol. The molecule has 11 heavy (non-hydrogen) atoms. The molecule has 0 aromatic heterocycles. The standard InChI is InChI=1S/C9H9FS/c1-6-9(11-6)7-2-4-8(10)5-3-7/h2-6,9H,1H3/t6-,9+/m1/s1. The molecule has 0 bridgehead atoms. The Morgan fingerprint density at radius 3 is 2.27 bits per heavy atom. The van der Waals surface area contributed by atoms with Crippen LogP contribution in [0.4, 0.5) is 4.39 Å². The van der Waals surface area contributed by atoms with Crippen LogP contribution in [0, 0.1) is 5.82 Å². The lowest BCUT2D eigenvalue weighted by atomic mass is 10.1. The molecule has 2 rings (SSSR count). The van der Waals surface area contributed by atoms with Crippen molar-refractivity contribution in [3.8, 4) is 0 Å². The van der Waals surface area contributed by atoms with Gasteiger partial charge in [-0.3, -0.25) is 0 Å². The molecule has 0 amide bonds. The number of hydrogen-bond donors (Lipinski definition) is 0. The maximum atomic E-state index is 12.5. The fourth-order valence-electron chi connectivity index (χ4n) is 1.19. The van der Waals surface area contributed by atoms with Crippen molar-refractivity contribution in [2.45, 2.75) is 17.4 Å². The Morgan fingerprint density at radius 1 is 1.27 bits per heavy atom. The van der Waals surface area contributed by atoms with Gasteiger partial charge in [0.25, 0.3) is 0 Å². The Morgan fingerprint density at radius 2 is 1.82 bits per heavy atom. The predicted molar refractivity (Wildman–Crippen MR) is 46.2 cm³/mol. The SMILES string of the molecule is C[C@H]1S[C@@H]1c1ccc(F)cc1. The first-order valence-corrected chi connectivity index (χ1v) is 4.62. The third kappa shape index (κ3) is 1.41. The van der Waals surface area contributed by atoms with Gasteiger partial charge in [-0.05, 0) is 17.7 Å². The molecule has 1 aromatic carbocycles. The van der Waals surface area contributed by atoms with Gasteiger partial charge in [0.2, 0.25) is 0 Å². The second kappa shape index (κ2) is 2.52. The molecule has 0 aliphatic carbocycles. The molecule has 1 aromatic rings.